The predicted molar refractivity (Wildman–Crippen MR) is 70.7 cm³/mol. The van der Waals surface area contributed by atoms with Gasteiger partial charge in [0.05, 0.1) is 0 Å². The van der Waals surface area contributed by atoms with E-state index in [4.69, 9.17) is 5.73 Å². The first-order chi connectivity index (χ1) is 9.33. The van der Waals surface area contributed by atoms with E-state index in [1.54, 1.807) is 49.1 Å². The van der Waals surface area contributed by atoms with Crippen LogP contribution in [0.3, 0.4) is 0 Å². The number of aromatic nitrogens is 5. The van der Waals surface area contributed by atoms with Crippen molar-refractivity contribution in [1.82, 2.24) is 24.9 Å². The van der Waals surface area contributed by atoms with Gasteiger partial charge in [-0.15, -0.1) is 0 Å². The Labute approximate surface area is 109 Å². The molecule has 0 saturated carbocycles. The van der Waals surface area contributed by atoms with Gasteiger partial charge in [0.1, 0.15) is 11.4 Å². The van der Waals surface area contributed by atoms with Gasteiger partial charge in [-0.1, -0.05) is 0 Å². The Morgan fingerprint density at radius 1 is 0.684 bits per heavy atom. The summed E-state index contributed by atoms with van der Waals surface area (Å²) in [5.41, 5.74) is 7.65. The van der Waals surface area contributed by atoms with E-state index in [-0.39, 0.29) is 0 Å². The van der Waals surface area contributed by atoms with Crippen LogP contribution in [0.1, 0.15) is 0 Å². The van der Waals surface area contributed by atoms with Gasteiger partial charge < -0.3 is 5.73 Å². The molecule has 0 unspecified atom stereocenters. The summed E-state index contributed by atoms with van der Waals surface area (Å²) in [5.74, 6) is 1.04. The first kappa shape index (κ1) is 11.2. The normalized spacial score (nSPS) is 10.3. The van der Waals surface area contributed by atoms with Crippen molar-refractivity contribution < 1.29 is 0 Å². The highest BCUT2D eigenvalue weighted by Crippen LogP contribution is 2.21. The molecule has 0 aromatic carbocycles. The Balaban J connectivity index is 2.12. The van der Waals surface area contributed by atoms with Crippen LogP contribution >= 0.6 is 0 Å². The molecule has 0 radical (unpaired) electrons. The molecule has 0 spiro atoms. The topological polar surface area (TPSA) is 90.5 Å². The van der Waals surface area contributed by atoms with E-state index in [2.05, 4.69) is 24.9 Å². The first-order valence-electron chi connectivity index (χ1n) is 5.65. The molecule has 3 rings (SSSR count). The zero-order chi connectivity index (χ0) is 13.1. The van der Waals surface area contributed by atoms with Crippen molar-refractivity contribution in [3.63, 3.8) is 0 Å². The van der Waals surface area contributed by atoms with E-state index in [0.717, 1.165) is 0 Å². The largest absolute Gasteiger partial charge is 0.399 e. The van der Waals surface area contributed by atoms with Crippen molar-refractivity contribution in [2.24, 2.45) is 0 Å². The van der Waals surface area contributed by atoms with Crippen molar-refractivity contribution in [3.05, 3.63) is 49.1 Å². The summed E-state index contributed by atoms with van der Waals surface area (Å²) in [6.45, 7) is 0. The molecule has 92 valence electrons. The summed E-state index contributed by atoms with van der Waals surface area (Å²) < 4.78 is 0. The fourth-order valence-corrected chi connectivity index (χ4v) is 1.64. The monoisotopic (exact) mass is 250 g/mol. The molecule has 0 fully saturated rings. The van der Waals surface area contributed by atoms with E-state index < -0.39 is 0 Å². The Morgan fingerprint density at radius 2 is 1.11 bits per heavy atom. The quantitative estimate of drug-likeness (QED) is 0.742. The van der Waals surface area contributed by atoms with Crippen molar-refractivity contribution in [2.75, 3.05) is 5.73 Å². The zero-order valence-corrected chi connectivity index (χ0v) is 9.93. The van der Waals surface area contributed by atoms with Crippen LogP contribution in [0.5, 0.6) is 0 Å². The van der Waals surface area contributed by atoms with Gasteiger partial charge in [-0.3, -0.25) is 0 Å². The molecule has 0 bridgehead atoms. The molecule has 0 aliphatic rings. The van der Waals surface area contributed by atoms with E-state index in [9.17, 15) is 0 Å². The second kappa shape index (κ2) is 4.77. The summed E-state index contributed by atoms with van der Waals surface area (Å²) in [4.78, 5) is 21.1. The SMILES string of the molecule is Nc1cc(-c2ncccn2)nc(-c2ncccn2)c1. The first-order valence-corrected chi connectivity index (χ1v) is 5.65. The molecule has 0 aliphatic carbocycles. The zero-order valence-electron chi connectivity index (χ0n) is 9.93. The van der Waals surface area contributed by atoms with Gasteiger partial charge in [-0.2, -0.15) is 0 Å². The Hall–Kier alpha value is -2.89. The molecule has 3 aromatic heterocycles. The number of anilines is 1. The van der Waals surface area contributed by atoms with Gasteiger partial charge in [-0.05, 0) is 24.3 Å². The molecule has 2 N–H and O–H groups in total. The van der Waals surface area contributed by atoms with Crippen LogP contribution < -0.4 is 5.73 Å². The lowest BCUT2D eigenvalue weighted by Gasteiger charge is -2.04. The van der Waals surface area contributed by atoms with Crippen LogP contribution in [0.15, 0.2) is 49.1 Å². The van der Waals surface area contributed by atoms with Crippen LogP contribution in [0.25, 0.3) is 23.0 Å². The number of rotatable bonds is 2. The second-order valence-corrected chi connectivity index (χ2v) is 3.82. The minimum absolute atomic E-state index is 0.520. The molecule has 0 atom stereocenters. The Bertz CT molecular complexity index is 626. The Morgan fingerprint density at radius 3 is 1.53 bits per heavy atom. The lowest BCUT2D eigenvalue weighted by Crippen LogP contribution is -1.98. The molecule has 0 saturated heterocycles. The van der Waals surface area contributed by atoms with E-state index in [1.807, 2.05) is 0 Å². The lowest BCUT2D eigenvalue weighted by atomic mass is 10.2. The highest BCUT2D eigenvalue weighted by Gasteiger charge is 2.08. The standard InChI is InChI=1S/C13H10N6/c14-9-7-10(12-15-3-1-4-16-12)19-11(8-9)13-17-5-2-6-18-13/h1-8H,(H2,14,19). The Kier molecular flexibility index (Phi) is 2.82. The highest BCUT2D eigenvalue weighted by atomic mass is 14.9. The molecule has 19 heavy (non-hydrogen) atoms. The number of nitrogens with zero attached hydrogens (tertiary/aromatic N) is 5. The number of hydrogen-bond donors (Lipinski definition) is 1. The minimum Gasteiger partial charge on any atom is -0.399 e. The second-order valence-electron chi connectivity index (χ2n) is 3.82. The van der Waals surface area contributed by atoms with Crippen LogP contribution in [0.4, 0.5) is 5.69 Å². The van der Waals surface area contributed by atoms with E-state index in [1.165, 1.54) is 0 Å². The smallest absolute Gasteiger partial charge is 0.178 e. The fraction of sp³-hybridized carbons (Fsp3) is 0. The summed E-state index contributed by atoms with van der Waals surface area (Å²) >= 11 is 0. The van der Waals surface area contributed by atoms with Crippen LogP contribution in [-0.4, -0.2) is 24.9 Å². The van der Waals surface area contributed by atoms with Crippen molar-refractivity contribution in [2.45, 2.75) is 0 Å². The third-order valence-electron chi connectivity index (χ3n) is 2.44. The summed E-state index contributed by atoms with van der Waals surface area (Å²) in [5, 5.41) is 0. The summed E-state index contributed by atoms with van der Waals surface area (Å²) in [6, 6.07) is 6.94. The fourth-order valence-electron chi connectivity index (χ4n) is 1.64. The van der Waals surface area contributed by atoms with Gasteiger partial charge in [0.15, 0.2) is 11.6 Å². The average Bonchev–Trinajstić information content (AvgIpc) is 2.48. The number of nitrogen functional groups attached to an aromatic ring is 1. The number of hydrogen-bond acceptors (Lipinski definition) is 6. The summed E-state index contributed by atoms with van der Waals surface area (Å²) in [6.07, 6.45) is 6.63. The maximum absolute atomic E-state index is 5.88. The van der Waals surface area contributed by atoms with E-state index >= 15 is 0 Å². The highest BCUT2D eigenvalue weighted by molar-refractivity contribution is 5.64. The third-order valence-corrected chi connectivity index (χ3v) is 2.44. The number of nitrogens with two attached hydrogens (primary N) is 1. The van der Waals surface area contributed by atoms with Gasteiger partial charge in [-0.25, -0.2) is 24.9 Å². The van der Waals surface area contributed by atoms with Crippen LogP contribution in [-0.2, 0) is 0 Å². The summed E-state index contributed by atoms with van der Waals surface area (Å²) in [7, 11) is 0. The lowest BCUT2D eigenvalue weighted by molar-refractivity contribution is 1.11. The maximum Gasteiger partial charge on any atom is 0.178 e. The van der Waals surface area contributed by atoms with Gasteiger partial charge in [0, 0.05) is 30.5 Å². The van der Waals surface area contributed by atoms with Crippen molar-refractivity contribution in [3.8, 4) is 23.0 Å². The molecule has 0 aliphatic heterocycles. The molecular formula is C13H10N6. The van der Waals surface area contributed by atoms with Gasteiger partial charge in [0.2, 0.25) is 0 Å². The van der Waals surface area contributed by atoms with Crippen molar-refractivity contribution >= 4 is 5.69 Å². The minimum atomic E-state index is 0.520. The van der Waals surface area contributed by atoms with Gasteiger partial charge in [0.25, 0.3) is 0 Å². The average molecular weight is 250 g/mol. The molecule has 6 heteroatoms. The van der Waals surface area contributed by atoms with Crippen LogP contribution in [0, 0.1) is 0 Å². The van der Waals surface area contributed by atoms with Gasteiger partial charge >= 0.3 is 0 Å². The molecular weight excluding hydrogens is 240 g/mol. The molecule has 3 heterocycles. The molecule has 0 amide bonds. The molecule has 6 nitrogen and oxygen atoms in total. The maximum atomic E-state index is 5.88. The molecule has 3 aromatic rings. The van der Waals surface area contributed by atoms with Crippen LogP contribution in [0.2, 0.25) is 0 Å². The third kappa shape index (κ3) is 2.37. The number of pyridine rings is 1. The van der Waals surface area contributed by atoms with E-state index in [0.29, 0.717) is 28.7 Å². The predicted octanol–water partition coefficient (Wildman–Crippen LogP) is 1.58. The van der Waals surface area contributed by atoms with Crippen molar-refractivity contribution in [1.29, 1.82) is 0 Å².